The largest absolute Gasteiger partial charge is 0.497 e. The van der Waals surface area contributed by atoms with Gasteiger partial charge in [-0.3, -0.25) is 9.69 Å². The molecule has 3 aromatic rings. The highest BCUT2D eigenvalue weighted by molar-refractivity contribution is 9.10. The summed E-state index contributed by atoms with van der Waals surface area (Å²) in [4.78, 5) is 19.3. The van der Waals surface area contributed by atoms with Crippen LogP contribution in [0.2, 0.25) is 0 Å². The average molecular weight is 451 g/mol. The molecule has 1 aliphatic rings. The van der Waals surface area contributed by atoms with E-state index >= 15 is 0 Å². The van der Waals surface area contributed by atoms with Crippen LogP contribution in [0.1, 0.15) is 11.1 Å². The average Bonchev–Trinajstić information content (AvgIpc) is 3.06. The third-order valence-electron chi connectivity index (χ3n) is 4.47. The van der Waals surface area contributed by atoms with Gasteiger partial charge in [0.1, 0.15) is 23.1 Å². The van der Waals surface area contributed by atoms with Crippen LogP contribution in [0.15, 0.2) is 88.0 Å². The van der Waals surface area contributed by atoms with Gasteiger partial charge in [0, 0.05) is 10.0 Å². The predicted octanol–water partition coefficient (Wildman–Crippen LogP) is 5.43. The van der Waals surface area contributed by atoms with Crippen molar-refractivity contribution in [2.24, 2.45) is 4.99 Å². The summed E-state index contributed by atoms with van der Waals surface area (Å²) in [7, 11) is 1.58. The molecular formula is C23H16BrFN2O2. The number of carbonyl (C=O) groups excluding carboxylic acids is 1. The monoisotopic (exact) mass is 450 g/mol. The van der Waals surface area contributed by atoms with Crippen molar-refractivity contribution < 1.29 is 13.9 Å². The minimum absolute atomic E-state index is 0.252. The molecule has 1 amide bonds. The number of benzene rings is 3. The van der Waals surface area contributed by atoms with E-state index in [1.165, 1.54) is 17.0 Å². The molecule has 0 spiro atoms. The molecule has 6 heteroatoms. The molecule has 0 atom stereocenters. The predicted molar refractivity (Wildman–Crippen MR) is 116 cm³/mol. The van der Waals surface area contributed by atoms with Gasteiger partial charge in [-0.05, 0) is 72.3 Å². The number of amidine groups is 1. The van der Waals surface area contributed by atoms with Crippen molar-refractivity contribution in [1.29, 1.82) is 0 Å². The summed E-state index contributed by atoms with van der Waals surface area (Å²) in [5.41, 5.74) is 2.46. The quantitative estimate of drug-likeness (QED) is 0.497. The van der Waals surface area contributed by atoms with E-state index in [1.54, 1.807) is 49.6 Å². The zero-order valence-electron chi connectivity index (χ0n) is 15.5. The summed E-state index contributed by atoms with van der Waals surface area (Å²) in [6, 6.07) is 20.7. The van der Waals surface area contributed by atoms with Crippen LogP contribution in [-0.2, 0) is 4.79 Å². The van der Waals surface area contributed by atoms with Gasteiger partial charge >= 0.3 is 0 Å². The number of rotatable bonds is 4. The lowest BCUT2D eigenvalue weighted by atomic mass is 10.1. The van der Waals surface area contributed by atoms with Gasteiger partial charge in [0.2, 0.25) is 0 Å². The lowest BCUT2D eigenvalue weighted by Crippen LogP contribution is -2.32. The van der Waals surface area contributed by atoms with Gasteiger partial charge in [0.15, 0.2) is 0 Å². The van der Waals surface area contributed by atoms with Gasteiger partial charge in [0.25, 0.3) is 5.91 Å². The summed E-state index contributed by atoms with van der Waals surface area (Å²) in [6.07, 6.45) is 1.74. The molecule has 1 aliphatic heterocycles. The number of nitrogens with zero attached hydrogens (tertiary/aromatic N) is 2. The Morgan fingerprint density at radius 1 is 0.966 bits per heavy atom. The van der Waals surface area contributed by atoms with Gasteiger partial charge in [-0.15, -0.1) is 0 Å². The first-order valence-electron chi connectivity index (χ1n) is 8.85. The van der Waals surface area contributed by atoms with Crippen molar-refractivity contribution in [2.45, 2.75) is 0 Å². The molecule has 4 rings (SSSR count). The molecular weight excluding hydrogens is 435 g/mol. The lowest BCUT2D eigenvalue weighted by molar-refractivity contribution is -0.113. The summed E-state index contributed by atoms with van der Waals surface area (Å²) in [5.74, 6) is 0.535. The maximum atomic E-state index is 13.4. The fourth-order valence-corrected chi connectivity index (χ4v) is 3.26. The molecule has 0 saturated carbocycles. The minimum Gasteiger partial charge on any atom is -0.497 e. The summed E-state index contributed by atoms with van der Waals surface area (Å²) < 4.78 is 19.6. The number of amides is 1. The fourth-order valence-electron chi connectivity index (χ4n) is 3.00. The zero-order chi connectivity index (χ0) is 20.4. The fraction of sp³-hybridized carbons (Fsp3) is 0.0435. The van der Waals surface area contributed by atoms with Crippen LogP contribution in [-0.4, -0.2) is 18.9 Å². The second-order valence-electron chi connectivity index (χ2n) is 6.36. The Hall–Kier alpha value is -3.25. The highest BCUT2D eigenvalue weighted by Gasteiger charge is 2.32. The van der Waals surface area contributed by atoms with Crippen molar-refractivity contribution in [2.75, 3.05) is 12.0 Å². The van der Waals surface area contributed by atoms with E-state index in [4.69, 9.17) is 4.74 Å². The first-order valence-corrected chi connectivity index (χ1v) is 9.65. The van der Waals surface area contributed by atoms with Gasteiger partial charge in [0.05, 0.1) is 12.8 Å². The second kappa shape index (κ2) is 8.01. The van der Waals surface area contributed by atoms with Crippen LogP contribution in [0.5, 0.6) is 5.75 Å². The number of ether oxygens (including phenoxy) is 1. The number of methoxy groups -OCH3 is 1. The van der Waals surface area contributed by atoms with Crippen molar-refractivity contribution >= 4 is 39.4 Å². The Kier molecular flexibility index (Phi) is 5.27. The number of carbonyl (C=O) groups is 1. The molecule has 0 radical (unpaired) electrons. The second-order valence-corrected chi connectivity index (χ2v) is 7.28. The molecule has 29 heavy (non-hydrogen) atoms. The van der Waals surface area contributed by atoms with E-state index in [2.05, 4.69) is 20.9 Å². The standard InChI is InChI=1S/C23H16BrFN2O2/c1-29-20-12-10-19(11-13-20)27-22(16-4-8-18(25)9-5-16)26-21(23(27)28)14-15-2-6-17(24)7-3-15/h2-14H,1H3/b21-14+. The normalized spacial score (nSPS) is 15.0. The maximum Gasteiger partial charge on any atom is 0.282 e. The number of aliphatic imine (C=N–C) groups is 1. The molecule has 0 fully saturated rings. The van der Waals surface area contributed by atoms with Crippen LogP contribution in [0, 0.1) is 5.82 Å². The van der Waals surface area contributed by atoms with E-state index in [0.29, 0.717) is 28.5 Å². The molecule has 0 aliphatic carbocycles. The van der Waals surface area contributed by atoms with E-state index in [0.717, 1.165) is 10.0 Å². The van der Waals surface area contributed by atoms with Crippen molar-refractivity contribution in [1.82, 2.24) is 0 Å². The smallest absolute Gasteiger partial charge is 0.282 e. The zero-order valence-corrected chi connectivity index (χ0v) is 17.1. The van der Waals surface area contributed by atoms with E-state index in [9.17, 15) is 9.18 Å². The Morgan fingerprint density at radius 2 is 1.62 bits per heavy atom. The molecule has 3 aromatic carbocycles. The van der Waals surface area contributed by atoms with Crippen LogP contribution in [0.3, 0.4) is 0 Å². The van der Waals surface area contributed by atoms with Crippen LogP contribution in [0.25, 0.3) is 6.08 Å². The lowest BCUT2D eigenvalue weighted by Gasteiger charge is -2.18. The first kappa shape index (κ1) is 19.1. The van der Waals surface area contributed by atoms with Crippen molar-refractivity contribution in [3.05, 3.63) is 99.9 Å². The molecule has 144 valence electrons. The molecule has 1 heterocycles. The van der Waals surface area contributed by atoms with E-state index in [-0.39, 0.29) is 11.7 Å². The molecule has 0 N–H and O–H groups in total. The number of anilines is 1. The van der Waals surface area contributed by atoms with E-state index < -0.39 is 0 Å². The Morgan fingerprint density at radius 3 is 2.24 bits per heavy atom. The van der Waals surface area contributed by atoms with E-state index in [1.807, 2.05) is 24.3 Å². The Labute approximate surface area is 176 Å². The van der Waals surface area contributed by atoms with Gasteiger partial charge in [-0.25, -0.2) is 9.38 Å². The third kappa shape index (κ3) is 3.98. The van der Waals surface area contributed by atoms with Crippen LogP contribution >= 0.6 is 15.9 Å². The van der Waals surface area contributed by atoms with Crippen molar-refractivity contribution in [3.8, 4) is 5.75 Å². The third-order valence-corrected chi connectivity index (χ3v) is 5.00. The molecule has 4 nitrogen and oxygen atoms in total. The highest BCUT2D eigenvalue weighted by Crippen LogP contribution is 2.29. The van der Waals surface area contributed by atoms with Crippen LogP contribution in [0.4, 0.5) is 10.1 Å². The van der Waals surface area contributed by atoms with Gasteiger partial charge in [-0.2, -0.15) is 0 Å². The summed E-state index contributed by atoms with van der Waals surface area (Å²) >= 11 is 3.40. The first-order chi connectivity index (χ1) is 14.0. The summed E-state index contributed by atoms with van der Waals surface area (Å²) in [5, 5.41) is 0. The topological polar surface area (TPSA) is 41.9 Å². The SMILES string of the molecule is COc1ccc(N2C(=O)/C(=C\c3ccc(Br)cc3)N=C2c2ccc(F)cc2)cc1. The molecule has 0 saturated heterocycles. The minimum atomic E-state index is -0.347. The molecule has 0 aromatic heterocycles. The number of hydrogen-bond donors (Lipinski definition) is 0. The maximum absolute atomic E-state index is 13.4. The Balaban J connectivity index is 1.79. The number of halogens is 2. The molecule has 0 unspecified atom stereocenters. The summed E-state index contributed by atoms with van der Waals surface area (Å²) in [6.45, 7) is 0. The number of hydrogen-bond acceptors (Lipinski definition) is 3. The molecule has 0 bridgehead atoms. The Bertz CT molecular complexity index is 1110. The van der Waals surface area contributed by atoms with Crippen LogP contribution < -0.4 is 9.64 Å². The van der Waals surface area contributed by atoms with Gasteiger partial charge < -0.3 is 4.74 Å². The van der Waals surface area contributed by atoms with Gasteiger partial charge in [-0.1, -0.05) is 28.1 Å². The highest BCUT2D eigenvalue weighted by atomic mass is 79.9. The van der Waals surface area contributed by atoms with Crippen molar-refractivity contribution in [3.63, 3.8) is 0 Å².